The lowest BCUT2D eigenvalue weighted by Gasteiger charge is -2.27. The van der Waals surface area contributed by atoms with Gasteiger partial charge in [0.25, 0.3) is 0 Å². The van der Waals surface area contributed by atoms with Crippen LogP contribution in [0.4, 0.5) is 0 Å². The van der Waals surface area contributed by atoms with E-state index in [-0.39, 0.29) is 0 Å². The summed E-state index contributed by atoms with van der Waals surface area (Å²) in [4.78, 5) is 0. The molecule has 0 saturated heterocycles. The first-order chi connectivity index (χ1) is 8.70. The fourth-order valence-electron chi connectivity index (χ4n) is 3.38. The third-order valence-electron chi connectivity index (χ3n) is 4.30. The van der Waals surface area contributed by atoms with Crippen molar-refractivity contribution in [3.05, 3.63) is 41.0 Å². The molecule has 2 unspecified atom stereocenters. The van der Waals surface area contributed by atoms with Crippen LogP contribution in [0.5, 0.6) is 0 Å². The second-order valence-corrected chi connectivity index (χ2v) is 5.99. The summed E-state index contributed by atoms with van der Waals surface area (Å²) in [6.45, 7) is 6.75. The Hall–Kier alpha value is -1.04. The highest BCUT2D eigenvalue weighted by molar-refractivity contribution is 5.57. The third kappa shape index (κ3) is 3.25. The molecule has 98 valence electrons. The van der Waals surface area contributed by atoms with Crippen LogP contribution >= 0.6 is 0 Å². The molecule has 0 N–H and O–H groups in total. The van der Waals surface area contributed by atoms with Crippen molar-refractivity contribution >= 4 is 6.08 Å². The lowest BCUT2D eigenvalue weighted by molar-refractivity contribution is 0.281. The molecular weight excluding hydrogens is 216 g/mol. The average molecular weight is 242 g/mol. The number of hydrogen-bond donors (Lipinski definition) is 0. The summed E-state index contributed by atoms with van der Waals surface area (Å²) in [5.41, 5.74) is 4.42. The van der Waals surface area contributed by atoms with E-state index in [1.165, 1.54) is 43.2 Å². The van der Waals surface area contributed by atoms with Crippen LogP contribution in [0, 0.1) is 18.8 Å². The summed E-state index contributed by atoms with van der Waals surface area (Å²) in [5, 5.41) is 0. The van der Waals surface area contributed by atoms with Crippen LogP contribution in [0.2, 0.25) is 0 Å². The van der Waals surface area contributed by atoms with Crippen LogP contribution in [-0.4, -0.2) is 0 Å². The maximum atomic E-state index is 2.41. The van der Waals surface area contributed by atoms with Gasteiger partial charge in [0.1, 0.15) is 0 Å². The van der Waals surface area contributed by atoms with Gasteiger partial charge in [-0.3, -0.25) is 0 Å². The van der Waals surface area contributed by atoms with Gasteiger partial charge in [-0.1, -0.05) is 56.5 Å². The van der Waals surface area contributed by atoms with E-state index in [1.54, 1.807) is 5.56 Å². The normalized spacial score (nSPS) is 24.6. The molecule has 0 aromatic heterocycles. The van der Waals surface area contributed by atoms with Crippen LogP contribution in [0.1, 0.15) is 56.2 Å². The van der Waals surface area contributed by atoms with Crippen molar-refractivity contribution in [2.75, 3.05) is 0 Å². The monoisotopic (exact) mass is 242 g/mol. The highest BCUT2D eigenvalue weighted by Crippen LogP contribution is 2.32. The summed E-state index contributed by atoms with van der Waals surface area (Å²) in [6.07, 6.45) is 11.4. The summed E-state index contributed by atoms with van der Waals surface area (Å²) >= 11 is 0. The van der Waals surface area contributed by atoms with Gasteiger partial charge >= 0.3 is 0 Å². The molecule has 1 aliphatic rings. The van der Waals surface area contributed by atoms with E-state index in [4.69, 9.17) is 0 Å². The zero-order valence-corrected chi connectivity index (χ0v) is 12.1. The molecule has 1 fully saturated rings. The van der Waals surface area contributed by atoms with E-state index in [0.29, 0.717) is 0 Å². The lowest BCUT2D eigenvalue weighted by Crippen LogP contribution is -2.15. The molecule has 0 aliphatic heterocycles. The third-order valence-corrected chi connectivity index (χ3v) is 4.30. The Balaban J connectivity index is 2.15. The Labute approximate surface area is 112 Å². The van der Waals surface area contributed by atoms with Crippen molar-refractivity contribution in [3.63, 3.8) is 0 Å². The molecule has 0 heteroatoms. The Morgan fingerprint density at radius 3 is 2.83 bits per heavy atom. The number of hydrogen-bond acceptors (Lipinski definition) is 0. The molecule has 0 amide bonds. The summed E-state index contributed by atoms with van der Waals surface area (Å²) in [6, 6.07) is 6.76. The molecule has 1 aromatic rings. The van der Waals surface area contributed by atoms with Crippen LogP contribution in [0.25, 0.3) is 6.08 Å². The number of rotatable bonds is 3. The average Bonchev–Trinajstić information content (AvgIpc) is 2.34. The summed E-state index contributed by atoms with van der Waals surface area (Å²) in [5.74, 6) is 1.83. The Morgan fingerprint density at radius 2 is 2.11 bits per heavy atom. The molecule has 0 bridgehead atoms. The molecule has 0 radical (unpaired) electrons. The molecule has 0 spiro atoms. The van der Waals surface area contributed by atoms with Gasteiger partial charge in [0.2, 0.25) is 0 Å². The van der Waals surface area contributed by atoms with Crippen molar-refractivity contribution in [2.45, 2.75) is 52.9 Å². The van der Waals surface area contributed by atoms with Crippen molar-refractivity contribution in [1.82, 2.24) is 0 Å². The second kappa shape index (κ2) is 6.22. The minimum atomic E-state index is 0.902. The van der Waals surface area contributed by atoms with Crippen LogP contribution in [0.3, 0.4) is 0 Å². The summed E-state index contributed by atoms with van der Waals surface area (Å²) in [7, 11) is 0. The van der Waals surface area contributed by atoms with Crippen molar-refractivity contribution in [2.24, 2.45) is 11.8 Å². The van der Waals surface area contributed by atoms with Crippen molar-refractivity contribution in [3.8, 4) is 0 Å². The molecule has 0 nitrogen and oxygen atoms in total. The van der Waals surface area contributed by atoms with E-state index in [2.05, 4.69) is 51.1 Å². The molecule has 2 rings (SSSR count). The van der Waals surface area contributed by atoms with E-state index in [9.17, 15) is 0 Å². The Kier molecular flexibility index (Phi) is 4.63. The zero-order valence-electron chi connectivity index (χ0n) is 12.1. The van der Waals surface area contributed by atoms with Gasteiger partial charge in [-0.2, -0.15) is 0 Å². The predicted molar refractivity (Wildman–Crippen MR) is 80.7 cm³/mol. The van der Waals surface area contributed by atoms with Gasteiger partial charge in [-0.25, -0.2) is 0 Å². The molecule has 1 aromatic carbocycles. The maximum Gasteiger partial charge on any atom is -0.0198 e. The van der Waals surface area contributed by atoms with Crippen molar-refractivity contribution in [1.29, 1.82) is 0 Å². The minimum Gasteiger partial charge on any atom is -0.0870 e. The van der Waals surface area contributed by atoms with Crippen LogP contribution in [-0.2, 0) is 6.42 Å². The van der Waals surface area contributed by atoms with E-state index < -0.39 is 0 Å². The number of allylic oxidation sites excluding steroid dienone is 1. The molecule has 2 atom stereocenters. The van der Waals surface area contributed by atoms with E-state index in [1.807, 2.05) is 0 Å². The lowest BCUT2D eigenvalue weighted by atomic mass is 9.78. The smallest absolute Gasteiger partial charge is 0.0198 e. The molecular formula is C18H26. The first-order valence-electron chi connectivity index (χ1n) is 7.42. The zero-order chi connectivity index (χ0) is 13.0. The second-order valence-electron chi connectivity index (χ2n) is 5.99. The first kappa shape index (κ1) is 13.4. The van der Waals surface area contributed by atoms with Gasteiger partial charge in [0, 0.05) is 0 Å². The minimum absolute atomic E-state index is 0.902. The van der Waals surface area contributed by atoms with Crippen LogP contribution < -0.4 is 0 Å². The highest BCUT2D eigenvalue weighted by atomic mass is 14.2. The van der Waals surface area contributed by atoms with Gasteiger partial charge < -0.3 is 0 Å². The molecule has 1 aliphatic carbocycles. The number of benzene rings is 1. The Morgan fingerprint density at radius 1 is 1.28 bits per heavy atom. The van der Waals surface area contributed by atoms with E-state index in [0.717, 1.165) is 11.8 Å². The number of aryl methyl sites for hydroxylation is 1. The fraction of sp³-hybridized carbons (Fsp3) is 0.556. The standard InChI is InChI=1S/C18H26/c1-4-7-18-15(3)9-6-11-17(18)13-16-10-5-8-14(2)12-16/h4,6-7,9,11,14,16H,5,8,10,12-13H2,1-3H3/b7-4-. The molecule has 18 heavy (non-hydrogen) atoms. The molecule has 0 heterocycles. The van der Waals surface area contributed by atoms with Crippen molar-refractivity contribution < 1.29 is 0 Å². The Bertz CT molecular complexity index is 414. The SMILES string of the molecule is C/C=C\c1c(C)cccc1CC1CCCC(C)C1. The fourth-order valence-corrected chi connectivity index (χ4v) is 3.38. The van der Waals surface area contributed by atoms with Crippen LogP contribution in [0.15, 0.2) is 24.3 Å². The predicted octanol–water partition coefficient (Wildman–Crippen LogP) is 5.40. The van der Waals surface area contributed by atoms with E-state index >= 15 is 0 Å². The van der Waals surface area contributed by atoms with Gasteiger partial charge in [-0.05, 0) is 55.2 Å². The quantitative estimate of drug-likeness (QED) is 0.666. The van der Waals surface area contributed by atoms with Gasteiger partial charge in [0.05, 0.1) is 0 Å². The largest absolute Gasteiger partial charge is 0.0870 e. The maximum absolute atomic E-state index is 2.41. The van der Waals surface area contributed by atoms with Gasteiger partial charge in [-0.15, -0.1) is 0 Å². The topological polar surface area (TPSA) is 0 Å². The highest BCUT2D eigenvalue weighted by Gasteiger charge is 2.19. The molecule has 1 saturated carbocycles. The summed E-state index contributed by atoms with van der Waals surface area (Å²) < 4.78 is 0. The first-order valence-corrected chi connectivity index (χ1v) is 7.42. The van der Waals surface area contributed by atoms with Gasteiger partial charge in [0.15, 0.2) is 0 Å².